The highest BCUT2D eigenvalue weighted by molar-refractivity contribution is 5.82. The third-order valence-corrected chi connectivity index (χ3v) is 5.33. The van der Waals surface area contributed by atoms with E-state index in [-0.39, 0.29) is 29.3 Å². The third-order valence-electron chi connectivity index (χ3n) is 5.33. The van der Waals surface area contributed by atoms with E-state index in [0.717, 1.165) is 18.4 Å². The predicted molar refractivity (Wildman–Crippen MR) is 111 cm³/mol. The van der Waals surface area contributed by atoms with Gasteiger partial charge in [-0.25, -0.2) is 0 Å². The number of hydrogen-bond donors (Lipinski definition) is 0. The van der Waals surface area contributed by atoms with Crippen molar-refractivity contribution < 1.29 is 32.6 Å². The summed E-state index contributed by atoms with van der Waals surface area (Å²) in [5.74, 6) is -0.382. The number of carbonyl (C=O) groups is 2. The van der Waals surface area contributed by atoms with Gasteiger partial charge in [-0.15, -0.1) is 0 Å². The standard InChI is InChI=1S/C22H32F2N2O5/c1-5-29-19-12-16(9-10-18(19)31-22(23)24)13-25(4)15(3)20(27)26-11-7-8-17(14-26)21(28)30-6-2/h9-10,12,15,17,22H,5-8,11,13-14H2,1-4H3. The number of rotatable bonds is 10. The first-order chi connectivity index (χ1) is 14.8. The van der Waals surface area contributed by atoms with E-state index in [2.05, 4.69) is 4.74 Å². The van der Waals surface area contributed by atoms with Crippen molar-refractivity contribution in [3.05, 3.63) is 23.8 Å². The van der Waals surface area contributed by atoms with E-state index < -0.39 is 12.7 Å². The first-order valence-corrected chi connectivity index (χ1v) is 10.6. The van der Waals surface area contributed by atoms with Crippen LogP contribution in [0.15, 0.2) is 18.2 Å². The average Bonchev–Trinajstić information content (AvgIpc) is 2.74. The van der Waals surface area contributed by atoms with Crippen LogP contribution in [0, 0.1) is 5.92 Å². The smallest absolute Gasteiger partial charge is 0.387 e. The summed E-state index contributed by atoms with van der Waals surface area (Å²) in [7, 11) is 1.82. The largest absolute Gasteiger partial charge is 0.490 e. The fourth-order valence-corrected chi connectivity index (χ4v) is 3.62. The first kappa shape index (κ1) is 24.8. The Hall–Kier alpha value is -2.42. The van der Waals surface area contributed by atoms with Crippen LogP contribution >= 0.6 is 0 Å². The van der Waals surface area contributed by atoms with Gasteiger partial charge in [-0.3, -0.25) is 14.5 Å². The van der Waals surface area contributed by atoms with Gasteiger partial charge in [0.05, 0.1) is 25.2 Å². The van der Waals surface area contributed by atoms with Crippen LogP contribution in [0.4, 0.5) is 8.78 Å². The number of likely N-dealkylation sites (N-methyl/N-ethyl adjacent to an activating group) is 1. The van der Waals surface area contributed by atoms with E-state index in [1.807, 2.05) is 18.9 Å². The van der Waals surface area contributed by atoms with E-state index >= 15 is 0 Å². The Kier molecular flexibility index (Phi) is 9.48. The van der Waals surface area contributed by atoms with Crippen molar-refractivity contribution in [1.82, 2.24) is 9.80 Å². The fourth-order valence-electron chi connectivity index (χ4n) is 3.62. The molecule has 0 radical (unpaired) electrons. The van der Waals surface area contributed by atoms with Crippen LogP contribution in [0.25, 0.3) is 0 Å². The van der Waals surface area contributed by atoms with E-state index in [4.69, 9.17) is 9.47 Å². The molecule has 9 heteroatoms. The molecule has 0 aliphatic carbocycles. The topological polar surface area (TPSA) is 68.3 Å². The van der Waals surface area contributed by atoms with Crippen LogP contribution < -0.4 is 9.47 Å². The Morgan fingerprint density at radius 3 is 2.61 bits per heavy atom. The molecule has 2 atom stereocenters. The molecule has 1 amide bonds. The van der Waals surface area contributed by atoms with Crippen molar-refractivity contribution in [1.29, 1.82) is 0 Å². The summed E-state index contributed by atoms with van der Waals surface area (Å²) >= 11 is 0. The SMILES string of the molecule is CCOC(=O)C1CCCN(C(=O)C(C)N(C)Cc2ccc(OC(F)F)c(OCC)c2)C1. The van der Waals surface area contributed by atoms with Gasteiger partial charge in [0.1, 0.15) is 0 Å². The Balaban J connectivity index is 2.02. The zero-order valence-electron chi connectivity index (χ0n) is 18.6. The summed E-state index contributed by atoms with van der Waals surface area (Å²) in [5, 5.41) is 0. The molecule has 1 aliphatic rings. The molecular weight excluding hydrogens is 410 g/mol. The molecule has 1 saturated heterocycles. The molecule has 0 aromatic heterocycles. The normalized spacial score (nSPS) is 17.5. The molecule has 7 nitrogen and oxygen atoms in total. The van der Waals surface area contributed by atoms with Gasteiger partial charge in [0.25, 0.3) is 0 Å². The average molecular weight is 443 g/mol. The highest BCUT2D eigenvalue weighted by atomic mass is 19.3. The molecular formula is C22H32F2N2O5. The van der Waals surface area contributed by atoms with Gasteiger partial charge in [-0.2, -0.15) is 8.78 Å². The number of amides is 1. The molecule has 0 saturated carbocycles. The molecule has 1 aromatic carbocycles. The van der Waals surface area contributed by atoms with Crippen LogP contribution in [0.3, 0.4) is 0 Å². The molecule has 31 heavy (non-hydrogen) atoms. The molecule has 1 aliphatic heterocycles. The molecule has 0 spiro atoms. The fraction of sp³-hybridized carbons (Fsp3) is 0.636. The molecule has 1 heterocycles. The molecule has 1 fully saturated rings. The van der Waals surface area contributed by atoms with Crippen molar-refractivity contribution in [2.45, 2.75) is 52.8 Å². The maximum absolute atomic E-state index is 13.0. The first-order valence-electron chi connectivity index (χ1n) is 10.6. The molecule has 174 valence electrons. The minimum atomic E-state index is -2.94. The van der Waals surface area contributed by atoms with Crippen molar-refractivity contribution in [3.63, 3.8) is 0 Å². The highest BCUT2D eigenvalue weighted by Crippen LogP contribution is 2.30. The summed E-state index contributed by atoms with van der Waals surface area (Å²) in [4.78, 5) is 28.6. The minimum absolute atomic E-state index is 0.0225. The minimum Gasteiger partial charge on any atom is -0.490 e. The van der Waals surface area contributed by atoms with Crippen LogP contribution in [0.1, 0.15) is 39.2 Å². The number of hydrogen-bond acceptors (Lipinski definition) is 6. The number of benzene rings is 1. The van der Waals surface area contributed by atoms with Crippen molar-refractivity contribution in [2.24, 2.45) is 5.92 Å². The van der Waals surface area contributed by atoms with Crippen LogP contribution in [-0.4, -0.2) is 67.7 Å². The molecule has 0 bridgehead atoms. The predicted octanol–water partition coefficient (Wildman–Crippen LogP) is 3.31. The monoisotopic (exact) mass is 442 g/mol. The quantitative estimate of drug-likeness (QED) is 0.518. The molecule has 1 aromatic rings. The van der Waals surface area contributed by atoms with Gasteiger partial charge in [0, 0.05) is 19.6 Å². The van der Waals surface area contributed by atoms with Crippen molar-refractivity contribution in [2.75, 3.05) is 33.4 Å². The summed E-state index contributed by atoms with van der Waals surface area (Å²) in [6.07, 6.45) is 1.48. The van der Waals surface area contributed by atoms with Gasteiger partial charge in [-0.05, 0) is 58.4 Å². The number of esters is 1. The number of nitrogens with zero attached hydrogens (tertiary/aromatic N) is 2. The number of carbonyl (C=O) groups excluding carboxylic acids is 2. The lowest BCUT2D eigenvalue weighted by Crippen LogP contribution is -2.50. The lowest BCUT2D eigenvalue weighted by molar-refractivity contribution is -0.152. The van der Waals surface area contributed by atoms with E-state index in [9.17, 15) is 18.4 Å². The zero-order chi connectivity index (χ0) is 23.0. The molecule has 2 rings (SSSR count). The highest BCUT2D eigenvalue weighted by Gasteiger charge is 2.32. The Morgan fingerprint density at radius 1 is 1.23 bits per heavy atom. The van der Waals surface area contributed by atoms with Gasteiger partial charge < -0.3 is 19.1 Å². The molecule has 0 N–H and O–H groups in total. The van der Waals surface area contributed by atoms with Gasteiger partial charge >= 0.3 is 12.6 Å². The number of ether oxygens (including phenoxy) is 3. The van der Waals surface area contributed by atoms with Gasteiger partial charge in [0.2, 0.25) is 5.91 Å². The van der Waals surface area contributed by atoms with Gasteiger partial charge in [0.15, 0.2) is 11.5 Å². The van der Waals surface area contributed by atoms with E-state index in [0.29, 0.717) is 32.8 Å². The zero-order valence-corrected chi connectivity index (χ0v) is 18.6. The lowest BCUT2D eigenvalue weighted by Gasteiger charge is -2.35. The summed E-state index contributed by atoms with van der Waals surface area (Å²) in [6, 6.07) is 4.34. The number of alkyl halides is 2. The summed E-state index contributed by atoms with van der Waals surface area (Å²) in [6.45, 7) is 4.43. The second kappa shape index (κ2) is 11.8. The Labute approximate surface area is 182 Å². The third kappa shape index (κ3) is 7.05. The van der Waals surface area contributed by atoms with Gasteiger partial charge in [-0.1, -0.05) is 6.07 Å². The maximum atomic E-state index is 13.0. The van der Waals surface area contributed by atoms with Crippen LogP contribution in [0.2, 0.25) is 0 Å². The summed E-state index contributed by atoms with van der Waals surface area (Å²) in [5.41, 5.74) is 0.801. The number of halogens is 2. The van der Waals surface area contributed by atoms with E-state index in [1.165, 1.54) is 6.07 Å². The Bertz CT molecular complexity index is 747. The number of piperidine rings is 1. The Morgan fingerprint density at radius 2 is 1.97 bits per heavy atom. The van der Waals surface area contributed by atoms with Crippen molar-refractivity contribution in [3.8, 4) is 11.5 Å². The maximum Gasteiger partial charge on any atom is 0.387 e. The molecule has 2 unspecified atom stereocenters. The van der Waals surface area contributed by atoms with Crippen LogP contribution in [-0.2, 0) is 20.9 Å². The lowest BCUT2D eigenvalue weighted by atomic mass is 9.97. The summed E-state index contributed by atoms with van der Waals surface area (Å²) < 4.78 is 40.2. The second-order valence-corrected chi connectivity index (χ2v) is 7.56. The van der Waals surface area contributed by atoms with Crippen LogP contribution in [0.5, 0.6) is 11.5 Å². The second-order valence-electron chi connectivity index (χ2n) is 7.56. The van der Waals surface area contributed by atoms with Crippen molar-refractivity contribution >= 4 is 11.9 Å². The number of likely N-dealkylation sites (tertiary alicyclic amines) is 1. The van der Waals surface area contributed by atoms with E-state index in [1.54, 1.807) is 30.9 Å².